The number of alkyl halides is 1. The van der Waals surface area contributed by atoms with Crippen LogP contribution in [0.1, 0.15) is 6.42 Å². The topological polar surface area (TPSA) is 50.4 Å². The van der Waals surface area contributed by atoms with Crippen LogP contribution in [0.4, 0.5) is 0 Å². The fraction of sp³-hybridized carbons (Fsp3) is 0.833. The monoisotopic (exact) mass is 311 g/mol. The van der Waals surface area contributed by atoms with E-state index in [1.165, 1.54) is 12.1 Å². The fourth-order valence-electron chi connectivity index (χ4n) is 6.49. The van der Waals surface area contributed by atoms with Crippen molar-refractivity contribution in [2.24, 2.45) is 58.2 Å². The van der Waals surface area contributed by atoms with Crippen molar-refractivity contribution >= 4 is 39.0 Å². The summed E-state index contributed by atoms with van der Waals surface area (Å²) in [5.74, 6) is 7.11. The van der Waals surface area contributed by atoms with E-state index >= 15 is 0 Å². The molecule has 6 saturated carbocycles. The molecule has 0 aromatic heterocycles. The Hall–Kier alpha value is -0.160. The van der Waals surface area contributed by atoms with Crippen molar-refractivity contribution in [2.45, 2.75) is 11.2 Å². The zero-order valence-electron chi connectivity index (χ0n) is 9.21. The van der Waals surface area contributed by atoms with Gasteiger partial charge in [0, 0.05) is 22.4 Å². The first-order valence-corrected chi connectivity index (χ1v) is 7.79. The minimum absolute atomic E-state index is 0.297. The van der Waals surface area contributed by atoms with Crippen LogP contribution >= 0.6 is 28.1 Å². The van der Waals surface area contributed by atoms with Crippen LogP contribution in [0, 0.1) is 47.3 Å². The Morgan fingerprint density at radius 3 is 2.71 bits per heavy atom. The van der Waals surface area contributed by atoms with Gasteiger partial charge in [0.05, 0.1) is 0 Å². The highest BCUT2D eigenvalue weighted by Gasteiger charge is 2.82. The van der Waals surface area contributed by atoms with Crippen molar-refractivity contribution in [3.8, 4) is 0 Å². The summed E-state index contributed by atoms with van der Waals surface area (Å²) in [6.07, 6.45) is 1.46. The number of thiocarbonyl (C=S) groups is 1. The first-order chi connectivity index (χ1) is 8.20. The summed E-state index contributed by atoms with van der Waals surface area (Å²) < 4.78 is 0. The van der Waals surface area contributed by atoms with Crippen LogP contribution in [-0.4, -0.2) is 15.7 Å². The Labute approximate surface area is 114 Å². The van der Waals surface area contributed by atoms with Gasteiger partial charge in [0.15, 0.2) is 5.11 Å². The second kappa shape index (κ2) is 2.72. The lowest BCUT2D eigenvalue weighted by Gasteiger charge is -2.32. The third kappa shape index (κ3) is 0.820. The molecule has 9 atom stereocenters. The quantitative estimate of drug-likeness (QED) is 0.436. The molecule has 9 unspecified atom stereocenters. The summed E-state index contributed by atoms with van der Waals surface area (Å²) in [5, 5.41) is 4.85. The molecular formula is C12H14BrN3S. The van der Waals surface area contributed by atoms with E-state index in [9.17, 15) is 0 Å². The Morgan fingerprint density at radius 1 is 1.24 bits per heavy atom. The minimum atomic E-state index is 0.297. The van der Waals surface area contributed by atoms with Crippen molar-refractivity contribution in [2.75, 3.05) is 0 Å². The van der Waals surface area contributed by atoms with Crippen molar-refractivity contribution in [1.82, 2.24) is 5.43 Å². The lowest BCUT2D eigenvalue weighted by molar-refractivity contribution is 0.132. The maximum atomic E-state index is 5.49. The molecule has 3 N–H and O–H groups in total. The molecule has 5 heteroatoms. The number of halogens is 1. The third-order valence-electron chi connectivity index (χ3n) is 6.34. The normalized spacial score (nSPS) is 65.7. The molecular weight excluding hydrogens is 298 g/mol. The first kappa shape index (κ1) is 9.73. The van der Waals surface area contributed by atoms with Crippen LogP contribution in [0.15, 0.2) is 5.10 Å². The average Bonchev–Trinajstić information content (AvgIpc) is 2.97. The van der Waals surface area contributed by atoms with E-state index in [2.05, 4.69) is 26.5 Å². The Morgan fingerprint density at radius 2 is 2.00 bits per heavy atom. The van der Waals surface area contributed by atoms with Crippen molar-refractivity contribution < 1.29 is 0 Å². The summed E-state index contributed by atoms with van der Waals surface area (Å²) in [5.41, 5.74) is 9.73. The minimum Gasteiger partial charge on any atom is -0.375 e. The molecule has 6 fully saturated rings. The van der Waals surface area contributed by atoms with Crippen molar-refractivity contribution in [3.05, 3.63) is 0 Å². The predicted molar refractivity (Wildman–Crippen MR) is 72.6 cm³/mol. The lowest BCUT2D eigenvalue weighted by Crippen LogP contribution is -2.30. The van der Waals surface area contributed by atoms with Gasteiger partial charge in [-0.3, -0.25) is 5.43 Å². The van der Waals surface area contributed by atoms with Gasteiger partial charge in [-0.05, 0) is 54.1 Å². The summed E-state index contributed by atoms with van der Waals surface area (Å²) in [6, 6.07) is 0. The Kier molecular flexibility index (Phi) is 1.55. The molecule has 6 aliphatic rings. The zero-order chi connectivity index (χ0) is 11.5. The SMILES string of the molecule is NC(=S)N/N=C1\C2C3C(Br)C4C5CC(C1C53)C24. The van der Waals surface area contributed by atoms with Gasteiger partial charge in [-0.2, -0.15) is 5.10 Å². The molecule has 90 valence electrons. The molecule has 6 bridgehead atoms. The number of rotatable bonds is 1. The third-order valence-corrected chi connectivity index (χ3v) is 7.65. The van der Waals surface area contributed by atoms with E-state index in [0.717, 1.165) is 52.2 Å². The molecule has 0 aliphatic heterocycles. The number of hydrogen-bond donors (Lipinski definition) is 2. The molecule has 0 spiro atoms. The maximum absolute atomic E-state index is 5.49. The van der Waals surface area contributed by atoms with Crippen LogP contribution < -0.4 is 11.2 Å². The predicted octanol–water partition coefficient (Wildman–Crippen LogP) is 1.33. The standard InChI is InChI=1S/C12H14BrN3S/c13-10-6-2-1-3-4(6)9-8(10)5(2)7(3)11(9)15-16-12(14)17/h2-10H,1H2,(H3,14,16,17)/b15-11-. The summed E-state index contributed by atoms with van der Waals surface area (Å²) in [6.45, 7) is 0. The molecule has 0 saturated heterocycles. The van der Waals surface area contributed by atoms with Crippen LogP contribution in [0.3, 0.4) is 0 Å². The van der Waals surface area contributed by atoms with E-state index in [1.54, 1.807) is 0 Å². The molecule has 0 aromatic carbocycles. The molecule has 3 nitrogen and oxygen atoms in total. The van der Waals surface area contributed by atoms with E-state index in [0.29, 0.717) is 5.11 Å². The smallest absolute Gasteiger partial charge is 0.184 e. The lowest BCUT2D eigenvalue weighted by atomic mass is 9.71. The van der Waals surface area contributed by atoms with Crippen LogP contribution in [0.25, 0.3) is 0 Å². The number of nitrogens with one attached hydrogen (secondary N) is 1. The van der Waals surface area contributed by atoms with Gasteiger partial charge in [-0.1, -0.05) is 15.9 Å². The zero-order valence-corrected chi connectivity index (χ0v) is 11.6. The highest BCUT2D eigenvalue weighted by molar-refractivity contribution is 9.09. The highest BCUT2D eigenvalue weighted by atomic mass is 79.9. The fourth-order valence-corrected chi connectivity index (χ4v) is 7.97. The van der Waals surface area contributed by atoms with Gasteiger partial charge in [0.1, 0.15) is 0 Å². The van der Waals surface area contributed by atoms with Crippen LogP contribution in [0.2, 0.25) is 0 Å². The largest absolute Gasteiger partial charge is 0.375 e. The number of hydrazone groups is 1. The number of nitrogens with two attached hydrogens (primary N) is 1. The number of nitrogens with zero attached hydrogens (tertiary/aromatic N) is 1. The summed E-state index contributed by atoms with van der Waals surface area (Å²) in [7, 11) is 0. The maximum Gasteiger partial charge on any atom is 0.184 e. The summed E-state index contributed by atoms with van der Waals surface area (Å²) in [4.78, 5) is 0.764. The van der Waals surface area contributed by atoms with Gasteiger partial charge >= 0.3 is 0 Å². The molecule has 0 aromatic rings. The van der Waals surface area contributed by atoms with E-state index < -0.39 is 0 Å². The molecule has 17 heavy (non-hydrogen) atoms. The molecule has 0 amide bonds. The van der Waals surface area contributed by atoms with E-state index in [4.69, 9.17) is 18.0 Å². The van der Waals surface area contributed by atoms with Gasteiger partial charge in [0.25, 0.3) is 0 Å². The van der Waals surface area contributed by atoms with Gasteiger partial charge < -0.3 is 5.73 Å². The molecule has 0 heterocycles. The average molecular weight is 312 g/mol. The van der Waals surface area contributed by atoms with Gasteiger partial charge in [-0.15, -0.1) is 0 Å². The molecule has 6 aliphatic carbocycles. The number of hydrogen-bond acceptors (Lipinski definition) is 2. The Bertz CT molecular complexity index is 476. The van der Waals surface area contributed by atoms with Crippen LogP contribution in [-0.2, 0) is 0 Å². The summed E-state index contributed by atoms with van der Waals surface area (Å²) >= 11 is 8.82. The Balaban J connectivity index is 1.62. The van der Waals surface area contributed by atoms with Gasteiger partial charge in [-0.25, -0.2) is 0 Å². The van der Waals surface area contributed by atoms with Crippen molar-refractivity contribution in [1.29, 1.82) is 0 Å². The second-order valence-electron chi connectivity index (χ2n) is 6.38. The van der Waals surface area contributed by atoms with Crippen LogP contribution in [0.5, 0.6) is 0 Å². The molecule has 6 rings (SSSR count). The highest BCUT2D eigenvalue weighted by Crippen LogP contribution is 2.82. The first-order valence-electron chi connectivity index (χ1n) is 6.47. The van der Waals surface area contributed by atoms with E-state index in [-0.39, 0.29) is 0 Å². The van der Waals surface area contributed by atoms with Crippen molar-refractivity contribution in [3.63, 3.8) is 0 Å². The molecule has 0 radical (unpaired) electrons. The van der Waals surface area contributed by atoms with Gasteiger partial charge in [0.2, 0.25) is 0 Å². The second-order valence-corrected chi connectivity index (χ2v) is 7.88. The van der Waals surface area contributed by atoms with E-state index in [1.807, 2.05) is 0 Å².